The number of halogens is 1. The van der Waals surface area contributed by atoms with Gasteiger partial charge in [-0.05, 0) is 145 Å². The molecule has 0 atom stereocenters. The van der Waals surface area contributed by atoms with Gasteiger partial charge in [0.15, 0.2) is 0 Å². The van der Waals surface area contributed by atoms with Crippen molar-refractivity contribution in [2.75, 3.05) is 0 Å². The van der Waals surface area contributed by atoms with Crippen molar-refractivity contribution in [3.63, 3.8) is 0 Å². The van der Waals surface area contributed by atoms with Gasteiger partial charge in [-0.15, -0.1) is 0 Å². The third-order valence-corrected chi connectivity index (χ3v) is 15.7. The number of hydrogen-bond acceptors (Lipinski definition) is 2. The van der Waals surface area contributed by atoms with Crippen molar-refractivity contribution in [2.24, 2.45) is 0 Å². The molecule has 8 aromatic carbocycles. The van der Waals surface area contributed by atoms with Gasteiger partial charge in [0.2, 0.25) is 0 Å². The third-order valence-electron chi connectivity index (χ3n) is 15.1. The van der Waals surface area contributed by atoms with Crippen LogP contribution in [0, 0.1) is 0 Å². The molecule has 5 heterocycles. The molecule has 0 aliphatic carbocycles. The molecular weight excluding hydrogens is 857 g/mol. The highest BCUT2D eigenvalue weighted by Gasteiger charge is 2.29. The fourth-order valence-corrected chi connectivity index (χ4v) is 12.0. The Morgan fingerprint density at radius 1 is 0.323 bits per heavy atom. The molecule has 320 valence electrons. The van der Waals surface area contributed by atoms with E-state index in [9.17, 15) is 0 Å². The van der Waals surface area contributed by atoms with Gasteiger partial charge < -0.3 is 9.97 Å². The van der Waals surface area contributed by atoms with Gasteiger partial charge >= 0.3 is 0 Å². The largest absolute Gasteiger partial charge is 0.354 e. The van der Waals surface area contributed by atoms with Crippen LogP contribution in [0.4, 0.5) is 0 Å². The zero-order valence-corrected chi connectivity index (χ0v) is 41.0. The summed E-state index contributed by atoms with van der Waals surface area (Å²) in [7, 11) is 0. The van der Waals surface area contributed by atoms with Crippen molar-refractivity contribution in [3.8, 4) is 0 Å². The molecule has 13 rings (SSSR count). The van der Waals surface area contributed by atoms with E-state index in [4.69, 9.17) is 9.97 Å². The summed E-state index contributed by atoms with van der Waals surface area (Å²) in [6.07, 6.45) is 0. The molecule has 0 amide bonds. The van der Waals surface area contributed by atoms with Gasteiger partial charge in [0.1, 0.15) is 0 Å². The number of aromatic nitrogens is 4. The second kappa shape index (κ2) is 12.2. The van der Waals surface area contributed by atoms with E-state index >= 15 is 0 Å². The van der Waals surface area contributed by atoms with E-state index in [1.807, 2.05) is 0 Å². The van der Waals surface area contributed by atoms with E-state index in [0.29, 0.717) is 0 Å². The van der Waals surface area contributed by atoms with Gasteiger partial charge in [-0.3, -0.25) is 0 Å². The van der Waals surface area contributed by atoms with E-state index in [1.165, 1.54) is 86.9 Å². The first-order valence-electron chi connectivity index (χ1n) is 23.3. The highest BCUT2D eigenvalue weighted by molar-refractivity contribution is 9.10. The smallest absolute Gasteiger partial charge is 0.0822 e. The van der Waals surface area contributed by atoms with Crippen molar-refractivity contribution >= 4 is 146 Å². The van der Waals surface area contributed by atoms with Crippen molar-refractivity contribution in [2.45, 2.75) is 105 Å². The predicted molar refractivity (Wildman–Crippen MR) is 286 cm³/mol. The number of fused-ring (bicyclic) bond motifs is 22. The van der Waals surface area contributed by atoms with E-state index in [0.717, 1.165) is 70.2 Å². The Balaban J connectivity index is 1.34. The normalized spacial score (nSPS) is 13.9. The fraction of sp³-hybridized carbons (Fsp3) is 0.267. The number of H-pyrrole nitrogens is 2. The summed E-state index contributed by atoms with van der Waals surface area (Å²) in [6.45, 7) is 27.7. The number of benzene rings is 4. The van der Waals surface area contributed by atoms with Gasteiger partial charge in [0.25, 0.3) is 0 Å². The standard InChI is InChI=1S/C60H53BrN4/c1-57(2,3)28-13-17-32-36(23-28)47-48-38-25-30(59(7,8)9)15-19-34(38)46-43-27-40(61)52(63-43)51-35-20-16-31(60(10,11)12)26-39(35)50-49-37-24-29(58(4,5)6)14-18-33(37)45(54(49)65-56(50)51)42-22-21-41(62-42)44(32)53(47)64-55(46)48/h13-27,62-63H,1-12H3. The topological polar surface area (TPSA) is 57.4 Å². The van der Waals surface area contributed by atoms with Gasteiger partial charge in [0, 0.05) is 64.1 Å². The van der Waals surface area contributed by atoms with Crippen LogP contribution in [-0.2, 0) is 21.7 Å². The maximum absolute atomic E-state index is 5.83. The quantitative estimate of drug-likeness (QED) is 0.159. The molecule has 0 aliphatic rings. The predicted octanol–water partition coefficient (Wildman–Crippen LogP) is 17.8. The number of nitrogens with zero attached hydrogens (tertiary/aromatic N) is 2. The van der Waals surface area contributed by atoms with Crippen molar-refractivity contribution in [1.82, 2.24) is 19.9 Å². The maximum Gasteiger partial charge on any atom is 0.0822 e. The SMILES string of the molecule is CC(C)(C)c1ccc2c(c1)c1c3nc4c(c5cc(Br)c([nH]5)c5c6ccc(C(C)(C)C)cc6c6c5nc5c(c7ccc([nH]7)c23)c2ccc(C(C)(C)C)cc2c56)c2ccc(C(C)(C)C)cc2c41. The second-order valence-corrected chi connectivity index (χ2v) is 24.2. The molecule has 5 heteroatoms. The van der Waals surface area contributed by atoms with Crippen LogP contribution in [0.5, 0.6) is 0 Å². The molecule has 65 heavy (non-hydrogen) atoms. The van der Waals surface area contributed by atoms with Gasteiger partial charge in [0.05, 0.1) is 27.6 Å². The molecule has 0 spiro atoms. The third kappa shape index (κ3) is 5.19. The second-order valence-electron chi connectivity index (χ2n) is 23.4. The Hall–Kier alpha value is -6.04. The lowest BCUT2D eigenvalue weighted by Crippen LogP contribution is -2.10. The zero-order chi connectivity index (χ0) is 45.2. The maximum atomic E-state index is 5.83. The molecule has 2 N–H and O–H groups in total. The number of hydrogen-bond donors (Lipinski definition) is 2. The molecule has 4 nitrogen and oxygen atoms in total. The van der Waals surface area contributed by atoms with E-state index in [2.05, 4.69) is 200 Å². The first-order chi connectivity index (χ1) is 30.7. The highest BCUT2D eigenvalue weighted by atomic mass is 79.9. The Bertz CT molecular complexity index is 4270. The van der Waals surface area contributed by atoms with Crippen LogP contribution in [0.25, 0.3) is 130 Å². The van der Waals surface area contributed by atoms with Crippen LogP contribution in [0.2, 0.25) is 0 Å². The van der Waals surface area contributed by atoms with Crippen LogP contribution in [0.1, 0.15) is 105 Å². The molecular formula is C60H53BrN4. The molecule has 0 aliphatic heterocycles. The van der Waals surface area contributed by atoms with Crippen LogP contribution >= 0.6 is 15.9 Å². The van der Waals surface area contributed by atoms with Gasteiger partial charge in [-0.1, -0.05) is 132 Å². The zero-order valence-electron chi connectivity index (χ0n) is 39.4. The Labute approximate surface area is 386 Å². The Morgan fingerprint density at radius 2 is 0.631 bits per heavy atom. The summed E-state index contributed by atoms with van der Waals surface area (Å²) in [6, 6.07) is 35.4. The molecule has 13 aromatic rings. The monoisotopic (exact) mass is 908 g/mol. The van der Waals surface area contributed by atoms with Gasteiger partial charge in [-0.2, -0.15) is 0 Å². The number of rotatable bonds is 0. The lowest BCUT2D eigenvalue weighted by Gasteiger charge is -2.19. The summed E-state index contributed by atoms with van der Waals surface area (Å²) in [5.74, 6) is 0. The Morgan fingerprint density at radius 3 is 0.969 bits per heavy atom. The molecule has 0 saturated carbocycles. The molecule has 0 fully saturated rings. The van der Waals surface area contributed by atoms with Crippen LogP contribution < -0.4 is 0 Å². The minimum absolute atomic E-state index is 0.0243. The lowest BCUT2D eigenvalue weighted by atomic mass is 9.85. The lowest BCUT2D eigenvalue weighted by molar-refractivity contribution is 0.591. The molecule has 5 aromatic heterocycles. The molecule has 0 radical (unpaired) electrons. The Kier molecular flexibility index (Phi) is 7.41. The summed E-state index contributed by atoms with van der Waals surface area (Å²) < 4.78 is 1.02. The van der Waals surface area contributed by atoms with E-state index < -0.39 is 0 Å². The van der Waals surface area contributed by atoms with Crippen LogP contribution in [0.15, 0.2) is 95.5 Å². The average Bonchev–Trinajstić information content (AvgIpc) is 4.09. The number of aromatic amines is 2. The van der Waals surface area contributed by atoms with Crippen LogP contribution in [-0.4, -0.2) is 19.9 Å². The number of nitrogens with one attached hydrogen (secondary N) is 2. The van der Waals surface area contributed by atoms with Gasteiger partial charge in [-0.25, -0.2) is 9.97 Å². The summed E-state index contributed by atoms with van der Waals surface area (Å²) in [5, 5.41) is 19.4. The van der Waals surface area contributed by atoms with Crippen LogP contribution in [0.3, 0.4) is 0 Å². The highest BCUT2D eigenvalue weighted by Crippen LogP contribution is 2.52. The minimum Gasteiger partial charge on any atom is -0.354 e. The fourth-order valence-electron chi connectivity index (χ4n) is 11.4. The first-order valence-corrected chi connectivity index (χ1v) is 24.1. The minimum atomic E-state index is -0.0300. The first kappa shape index (κ1) is 39.3. The molecule has 0 unspecified atom stereocenters. The summed E-state index contributed by atoms with van der Waals surface area (Å²) in [4.78, 5) is 19.8. The molecule has 0 saturated heterocycles. The van der Waals surface area contributed by atoms with Crippen molar-refractivity contribution in [1.29, 1.82) is 0 Å². The van der Waals surface area contributed by atoms with Crippen molar-refractivity contribution < 1.29 is 0 Å². The average molecular weight is 910 g/mol. The van der Waals surface area contributed by atoms with Crippen molar-refractivity contribution in [3.05, 3.63) is 118 Å². The summed E-state index contributed by atoms with van der Waals surface area (Å²) >= 11 is 4.17. The molecule has 8 bridgehead atoms. The van der Waals surface area contributed by atoms with E-state index in [-0.39, 0.29) is 21.7 Å². The summed E-state index contributed by atoms with van der Waals surface area (Å²) in [5.41, 5.74) is 13.6. The van der Waals surface area contributed by atoms with E-state index in [1.54, 1.807) is 0 Å².